The number of rotatable bonds is 3. The van der Waals surface area contributed by atoms with E-state index in [9.17, 15) is 0 Å². The molecule has 1 saturated heterocycles. The van der Waals surface area contributed by atoms with Crippen molar-refractivity contribution in [3.05, 3.63) is 17.0 Å². The number of piperidine rings is 1. The first-order chi connectivity index (χ1) is 8.76. The largest absolute Gasteiger partial charge is 0.381 e. The van der Waals surface area contributed by atoms with Gasteiger partial charge in [-0.3, -0.25) is 0 Å². The summed E-state index contributed by atoms with van der Waals surface area (Å²) >= 11 is 6.09. The van der Waals surface area contributed by atoms with E-state index in [4.69, 9.17) is 16.3 Å². The molecule has 0 aromatic carbocycles. The summed E-state index contributed by atoms with van der Waals surface area (Å²) in [5, 5.41) is 0.566. The second kappa shape index (κ2) is 5.02. The van der Waals surface area contributed by atoms with Crippen LogP contribution in [0.5, 0.6) is 0 Å². The standard InChI is InChI=1S/C13H18ClN3O/c1-18-10-4-6-17(7-5-10)12-8-11(14)15-13(16-12)9-2-3-9/h8-10H,2-7H2,1H3. The Kier molecular flexibility index (Phi) is 3.39. The molecule has 1 aromatic heterocycles. The molecule has 1 aromatic rings. The van der Waals surface area contributed by atoms with Crippen molar-refractivity contribution in [3.63, 3.8) is 0 Å². The van der Waals surface area contributed by atoms with E-state index in [0.717, 1.165) is 37.6 Å². The van der Waals surface area contributed by atoms with Gasteiger partial charge in [0.1, 0.15) is 16.8 Å². The Morgan fingerprint density at radius 1 is 1.22 bits per heavy atom. The molecular weight excluding hydrogens is 250 g/mol. The second-order valence-electron chi connectivity index (χ2n) is 5.10. The first-order valence-corrected chi connectivity index (χ1v) is 6.96. The zero-order valence-electron chi connectivity index (χ0n) is 10.6. The molecule has 18 heavy (non-hydrogen) atoms. The molecule has 0 N–H and O–H groups in total. The van der Waals surface area contributed by atoms with Gasteiger partial charge in [-0.1, -0.05) is 11.6 Å². The number of ether oxygens (including phenoxy) is 1. The fraction of sp³-hybridized carbons (Fsp3) is 0.692. The third-order valence-corrected chi connectivity index (χ3v) is 3.93. The van der Waals surface area contributed by atoms with Gasteiger partial charge in [0.15, 0.2) is 0 Å². The highest BCUT2D eigenvalue weighted by molar-refractivity contribution is 6.29. The van der Waals surface area contributed by atoms with Gasteiger partial charge in [-0.2, -0.15) is 0 Å². The second-order valence-corrected chi connectivity index (χ2v) is 5.49. The summed E-state index contributed by atoms with van der Waals surface area (Å²) < 4.78 is 5.39. The van der Waals surface area contributed by atoms with Crippen LogP contribution < -0.4 is 4.90 Å². The van der Waals surface area contributed by atoms with Crippen LogP contribution in [-0.2, 0) is 4.74 Å². The molecule has 2 aliphatic rings. The Labute approximate surface area is 112 Å². The molecule has 1 saturated carbocycles. The van der Waals surface area contributed by atoms with E-state index in [2.05, 4.69) is 14.9 Å². The van der Waals surface area contributed by atoms with Crippen molar-refractivity contribution in [2.45, 2.75) is 37.7 Å². The van der Waals surface area contributed by atoms with Crippen molar-refractivity contribution in [2.75, 3.05) is 25.1 Å². The number of hydrogen-bond donors (Lipinski definition) is 0. The van der Waals surface area contributed by atoms with Gasteiger partial charge in [-0.05, 0) is 25.7 Å². The first kappa shape index (κ1) is 12.2. The maximum atomic E-state index is 6.09. The van der Waals surface area contributed by atoms with Gasteiger partial charge >= 0.3 is 0 Å². The van der Waals surface area contributed by atoms with Crippen LogP contribution in [0.1, 0.15) is 37.4 Å². The summed E-state index contributed by atoms with van der Waals surface area (Å²) in [6, 6.07) is 1.88. The van der Waals surface area contributed by atoms with Crippen molar-refractivity contribution in [1.82, 2.24) is 9.97 Å². The summed E-state index contributed by atoms with van der Waals surface area (Å²) in [5.74, 6) is 2.44. The van der Waals surface area contributed by atoms with Crippen molar-refractivity contribution in [1.29, 1.82) is 0 Å². The molecule has 2 fully saturated rings. The normalized spacial score (nSPS) is 21.3. The lowest BCUT2D eigenvalue weighted by atomic mass is 10.1. The van der Waals surface area contributed by atoms with Gasteiger partial charge in [-0.25, -0.2) is 9.97 Å². The van der Waals surface area contributed by atoms with Gasteiger partial charge in [0.2, 0.25) is 0 Å². The van der Waals surface area contributed by atoms with Gasteiger partial charge in [0, 0.05) is 32.2 Å². The third kappa shape index (κ3) is 2.59. The predicted octanol–water partition coefficient (Wildman–Crippen LogP) is 2.62. The van der Waals surface area contributed by atoms with Crippen molar-refractivity contribution < 1.29 is 4.74 Å². The van der Waals surface area contributed by atoms with Crippen LogP contribution in [0.3, 0.4) is 0 Å². The molecule has 4 nitrogen and oxygen atoms in total. The van der Waals surface area contributed by atoms with E-state index in [1.165, 1.54) is 12.8 Å². The van der Waals surface area contributed by atoms with Crippen LogP contribution in [0.25, 0.3) is 0 Å². The molecule has 0 amide bonds. The van der Waals surface area contributed by atoms with E-state index in [0.29, 0.717) is 17.2 Å². The highest BCUT2D eigenvalue weighted by atomic mass is 35.5. The lowest BCUT2D eigenvalue weighted by Gasteiger charge is -2.32. The number of methoxy groups -OCH3 is 1. The van der Waals surface area contributed by atoms with Gasteiger partial charge < -0.3 is 9.64 Å². The van der Waals surface area contributed by atoms with E-state index >= 15 is 0 Å². The summed E-state index contributed by atoms with van der Waals surface area (Å²) in [7, 11) is 1.78. The van der Waals surface area contributed by atoms with E-state index in [1.807, 2.05) is 6.07 Å². The number of anilines is 1. The molecule has 0 unspecified atom stereocenters. The minimum absolute atomic E-state index is 0.390. The average Bonchev–Trinajstić information content (AvgIpc) is 3.22. The molecular formula is C13H18ClN3O. The van der Waals surface area contributed by atoms with Crippen LogP contribution in [0.4, 0.5) is 5.82 Å². The smallest absolute Gasteiger partial charge is 0.135 e. The minimum atomic E-state index is 0.390. The van der Waals surface area contributed by atoms with Gasteiger partial charge in [-0.15, -0.1) is 0 Å². The molecule has 0 bridgehead atoms. The van der Waals surface area contributed by atoms with Crippen molar-refractivity contribution in [3.8, 4) is 0 Å². The van der Waals surface area contributed by atoms with Gasteiger partial charge in [0.05, 0.1) is 6.10 Å². The molecule has 98 valence electrons. The molecule has 2 heterocycles. The highest BCUT2D eigenvalue weighted by Crippen LogP contribution is 2.39. The van der Waals surface area contributed by atoms with E-state index in [1.54, 1.807) is 7.11 Å². The monoisotopic (exact) mass is 267 g/mol. The van der Waals surface area contributed by atoms with Crippen LogP contribution in [0.2, 0.25) is 5.15 Å². The average molecular weight is 268 g/mol. The third-order valence-electron chi connectivity index (χ3n) is 3.74. The summed E-state index contributed by atoms with van der Waals surface area (Å²) in [6.07, 6.45) is 4.90. The van der Waals surface area contributed by atoms with Crippen LogP contribution in [0, 0.1) is 0 Å². The number of hydrogen-bond acceptors (Lipinski definition) is 4. The molecule has 1 aliphatic carbocycles. The topological polar surface area (TPSA) is 38.2 Å². The maximum Gasteiger partial charge on any atom is 0.135 e. The molecule has 3 rings (SSSR count). The summed E-state index contributed by atoms with van der Waals surface area (Å²) in [5.41, 5.74) is 0. The number of aromatic nitrogens is 2. The predicted molar refractivity (Wildman–Crippen MR) is 71.3 cm³/mol. The summed E-state index contributed by atoms with van der Waals surface area (Å²) in [4.78, 5) is 11.3. The Bertz CT molecular complexity index is 428. The summed E-state index contributed by atoms with van der Waals surface area (Å²) in [6.45, 7) is 1.96. The van der Waals surface area contributed by atoms with E-state index in [-0.39, 0.29) is 0 Å². The lowest BCUT2D eigenvalue weighted by Crippen LogP contribution is -2.37. The Morgan fingerprint density at radius 3 is 2.56 bits per heavy atom. The van der Waals surface area contributed by atoms with Crippen LogP contribution in [0.15, 0.2) is 6.07 Å². The fourth-order valence-corrected chi connectivity index (χ4v) is 2.61. The molecule has 0 radical (unpaired) electrons. The highest BCUT2D eigenvalue weighted by Gasteiger charge is 2.28. The molecule has 0 atom stereocenters. The Balaban J connectivity index is 1.75. The van der Waals surface area contributed by atoms with E-state index < -0.39 is 0 Å². The molecule has 0 spiro atoms. The van der Waals surface area contributed by atoms with Gasteiger partial charge in [0.25, 0.3) is 0 Å². The SMILES string of the molecule is COC1CCN(c2cc(Cl)nc(C3CC3)n2)CC1. The molecule has 1 aliphatic heterocycles. The van der Waals surface area contributed by atoms with Crippen LogP contribution >= 0.6 is 11.6 Å². The van der Waals surface area contributed by atoms with Crippen LogP contribution in [-0.4, -0.2) is 36.3 Å². The zero-order valence-corrected chi connectivity index (χ0v) is 11.4. The quantitative estimate of drug-likeness (QED) is 0.789. The zero-order chi connectivity index (χ0) is 12.5. The Morgan fingerprint density at radius 2 is 1.94 bits per heavy atom. The number of halogens is 1. The Hall–Kier alpha value is -0.870. The minimum Gasteiger partial charge on any atom is -0.381 e. The lowest BCUT2D eigenvalue weighted by molar-refractivity contribution is 0.0818. The fourth-order valence-electron chi connectivity index (χ4n) is 2.43. The molecule has 5 heteroatoms. The van der Waals surface area contributed by atoms with Crippen molar-refractivity contribution in [2.24, 2.45) is 0 Å². The number of nitrogens with zero attached hydrogens (tertiary/aromatic N) is 3. The van der Waals surface area contributed by atoms with Crippen molar-refractivity contribution >= 4 is 17.4 Å². The maximum absolute atomic E-state index is 6.09. The first-order valence-electron chi connectivity index (χ1n) is 6.58.